The van der Waals surface area contributed by atoms with Crippen LogP contribution >= 0.6 is 11.6 Å². The lowest BCUT2D eigenvalue weighted by atomic mass is 9.87. The second-order valence-electron chi connectivity index (χ2n) is 11.2. The van der Waals surface area contributed by atoms with Gasteiger partial charge in [-0.25, -0.2) is 9.18 Å². The molecule has 2 aliphatic rings. The molecular formula is C32H33ClF4N4O5. The van der Waals surface area contributed by atoms with Crippen LogP contribution in [0.3, 0.4) is 0 Å². The summed E-state index contributed by atoms with van der Waals surface area (Å²) in [5, 5.41) is 6.33. The third-order valence-corrected chi connectivity index (χ3v) is 8.05. The average Bonchev–Trinajstić information content (AvgIpc) is 3.48. The highest BCUT2D eigenvalue weighted by molar-refractivity contribution is 6.30. The summed E-state index contributed by atoms with van der Waals surface area (Å²) in [4.78, 5) is 29.7. The van der Waals surface area contributed by atoms with Gasteiger partial charge in [0.05, 0.1) is 37.4 Å². The summed E-state index contributed by atoms with van der Waals surface area (Å²) in [5.74, 6) is -0.388. The van der Waals surface area contributed by atoms with Gasteiger partial charge in [0.15, 0.2) is 6.23 Å². The molecule has 1 fully saturated rings. The monoisotopic (exact) mass is 664 g/mol. The van der Waals surface area contributed by atoms with Gasteiger partial charge in [0, 0.05) is 42.9 Å². The van der Waals surface area contributed by atoms with E-state index in [4.69, 9.17) is 25.8 Å². The third kappa shape index (κ3) is 8.86. The number of hydrogen-bond donors (Lipinski definition) is 2. The first kappa shape index (κ1) is 33.4. The molecule has 14 heteroatoms. The standard InChI is InChI=1S/C32H33ClF4N4O5/c1-41(18-32(35,36)37)31(43)46-30-17-45-23(14-39-30)7-8-24-26(34)15-38-16-27(24)40-29(42)13-25(19-2-5-22(33)6-3-19)20-4-9-28-21(12-20)10-11-44-28/h2-6,9,12,15-16,23,25,30,39H,7-8,10-11,13-14,17-18H2,1H3,(H,40,42)/t23-,25+,30+/m1/s1. The molecule has 46 heavy (non-hydrogen) atoms. The lowest BCUT2D eigenvalue weighted by molar-refractivity contribution is -0.143. The van der Waals surface area contributed by atoms with Gasteiger partial charge in [-0.2, -0.15) is 13.2 Å². The molecule has 1 aromatic heterocycles. The van der Waals surface area contributed by atoms with Crippen molar-refractivity contribution in [2.45, 2.75) is 50.1 Å². The summed E-state index contributed by atoms with van der Waals surface area (Å²) in [6.45, 7) is -0.716. The molecule has 5 rings (SSSR count). The van der Waals surface area contributed by atoms with Crippen molar-refractivity contribution in [1.82, 2.24) is 15.2 Å². The number of anilines is 1. The Bertz CT molecular complexity index is 1530. The van der Waals surface area contributed by atoms with Crippen LogP contribution in [-0.4, -0.2) is 73.7 Å². The van der Waals surface area contributed by atoms with Crippen molar-refractivity contribution in [3.05, 3.63) is 88.0 Å². The fourth-order valence-corrected chi connectivity index (χ4v) is 5.60. The molecule has 246 valence electrons. The summed E-state index contributed by atoms with van der Waals surface area (Å²) in [5.41, 5.74) is 3.41. The van der Waals surface area contributed by atoms with Crippen molar-refractivity contribution in [1.29, 1.82) is 0 Å². The van der Waals surface area contributed by atoms with Gasteiger partial charge in [-0.3, -0.25) is 15.1 Å². The van der Waals surface area contributed by atoms with Crippen LogP contribution < -0.4 is 15.4 Å². The number of benzene rings is 2. The molecule has 0 saturated carbocycles. The van der Waals surface area contributed by atoms with E-state index in [1.807, 2.05) is 24.3 Å². The number of nitrogens with zero attached hydrogens (tertiary/aromatic N) is 2. The zero-order chi connectivity index (χ0) is 32.8. The second kappa shape index (κ2) is 14.7. The van der Waals surface area contributed by atoms with Crippen LogP contribution in [-0.2, 0) is 27.1 Å². The highest BCUT2D eigenvalue weighted by Gasteiger charge is 2.33. The molecule has 3 heterocycles. The summed E-state index contributed by atoms with van der Waals surface area (Å²) >= 11 is 6.12. The molecule has 0 unspecified atom stereocenters. The lowest BCUT2D eigenvalue weighted by Gasteiger charge is -2.31. The average molecular weight is 665 g/mol. The zero-order valence-corrected chi connectivity index (χ0v) is 25.7. The first-order valence-corrected chi connectivity index (χ1v) is 15.1. The normalized spacial score (nSPS) is 18.3. The molecule has 0 bridgehead atoms. The SMILES string of the molecule is CN(CC(F)(F)F)C(=O)O[C@H]1CO[C@H](CCc2c(F)cncc2NC(=O)C[C@@H](c2ccc(Cl)cc2)c2ccc3c(c2)CCO3)CN1. The molecule has 9 nitrogen and oxygen atoms in total. The van der Waals surface area contributed by atoms with Crippen molar-refractivity contribution in [3.8, 4) is 5.75 Å². The fourth-order valence-electron chi connectivity index (χ4n) is 5.47. The minimum Gasteiger partial charge on any atom is -0.493 e. The number of hydrogen-bond acceptors (Lipinski definition) is 7. The molecule has 0 radical (unpaired) electrons. The Morgan fingerprint density at radius 3 is 2.65 bits per heavy atom. The first-order chi connectivity index (χ1) is 21.9. The van der Waals surface area contributed by atoms with Gasteiger partial charge < -0.3 is 24.4 Å². The quantitative estimate of drug-likeness (QED) is 0.262. The van der Waals surface area contributed by atoms with Crippen LogP contribution in [0, 0.1) is 5.82 Å². The van der Waals surface area contributed by atoms with E-state index in [0.29, 0.717) is 23.0 Å². The van der Waals surface area contributed by atoms with E-state index in [1.54, 1.807) is 12.1 Å². The van der Waals surface area contributed by atoms with Gasteiger partial charge in [0.2, 0.25) is 5.91 Å². The maximum atomic E-state index is 15.0. The minimum absolute atomic E-state index is 0.0746. The Kier molecular flexibility index (Phi) is 10.6. The van der Waals surface area contributed by atoms with E-state index in [2.05, 4.69) is 21.7 Å². The maximum absolute atomic E-state index is 15.0. The number of morpholine rings is 1. The predicted molar refractivity (Wildman–Crippen MR) is 161 cm³/mol. The number of pyridine rings is 1. The number of carbonyl (C=O) groups excluding carboxylic acids is 2. The number of rotatable bonds is 10. The highest BCUT2D eigenvalue weighted by Crippen LogP contribution is 2.34. The molecule has 2 aliphatic heterocycles. The molecule has 1 saturated heterocycles. The minimum atomic E-state index is -4.55. The Balaban J connectivity index is 1.19. The first-order valence-electron chi connectivity index (χ1n) is 14.7. The largest absolute Gasteiger partial charge is 0.493 e. The van der Waals surface area contributed by atoms with Crippen molar-refractivity contribution >= 4 is 29.3 Å². The number of amides is 2. The molecule has 2 amide bonds. The van der Waals surface area contributed by atoms with E-state index >= 15 is 0 Å². The number of ether oxygens (including phenoxy) is 3. The molecule has 2 N–H and O–H groups in total. The van der Waals surface area contributed by atoms with E-state index < -0.39 is 37.0 Å². The number of nitrogens with one attached hydrogen (secondary N) is 2. The molecule has 3 atom stereocenters. The molecular weight excluding hydrogens is 632 g/mol. The van der Waals surface area contributed by atoms with Gasteiger partial charge >= 0.3 is 12.3 Å². The van der Waals surface area contributed by atoms with E-state index in [1.165, 1.54) is 6.20 Å². The van der Waals surface area contributed by atoms with Gasteiger partial charge in [-0.05, 0) is 47.7 Å². The topological polar surface area (TPSA) is 102 Å². The number of aromatic nitrogens is 1. The van der Waals surface area contributed by atoms with E-state index in [0.717, 1.165) is 42.1 Å². The fraction of sp³-hybridized carbons (Fsp3) is 0.406. The Labute approximate surface area is 268 Å². The second-order valence-corrected chi connectivity index (χ2v) is 11.7. The van der Waals surface area contributed by atoms with Crippen molar-refractivity contribution in [3.63, 3.8) is 0 Å². The van der Waals surface area contributed by atoms with Gasteiger partial charge in [-0.1, -0.05) is 35.9 Å². The van der Waals surface area contributed by atoms with Gasteiger partial charge in [0.1, 0.15) is 18.1 Å². The van der Waals surface area contributed by atoms with Crippen LogP contribution in [0.4, 0.5) is 28.0 Å². The Hall–Kier alpha value is -3.94. The van der Waals surface area contributed by atoms with Crippen LogP contribution in [0.5, 0.6) is 5.75 Å². The summed E-state index contributed by atoms with van der Waals surface area (Å²) in [7, 11) is 0.988. The predicted octanol–water partition coefficient (Wildman–Crippen LogP) is 5.85. The van der Waals surface area contributed by atoms with Crippen molar-refractivity contribution in [2.75, 3.05) is 38.7 Å². The third-order valence-electron chi connectivity index (χ3n) is 7.80. The van der Waals surface area contributed by atoms with Crippen LogP contribution in [0.1, 0.15) is 41.0 Å². The number of halogens is 5. The molecule has 0 spiro atoms. The van der Waals surface area contributed by atoms with Crippen LogP contribution in [0.2, 0.25) is 5.02 Å². The molecule has 2 aromatic carbocycles. The van der Waals surface area contributed by atoms with Crippen LogP contribution in [0.15, 0.2) is 54.9 Å². The molecule has 3 aromatic rings. The number of alkyl halides is 3. The Morgan fingerprint density at radius 2 is 1.93 bits per heavy atom. The maximum Gasteiger partial charge on any atom is 0.411 e. The van der Waals surface area contributed by atoms with Crippen molar-refractivity contribution < 1.29 is 41.4 Å². The lowest BCUT2D eigenvalue weighted by Crippen LogP contribution is -2.50. The smallest absolute Gasteiger partial charge is 0.411 e. The van der Waals surface area contributed by atoms with Gasteiger partial charge in [0.25, 0.3) is 0 Å². The number of fused-ring (bicyclic) bond motifs is 1. The Morgan fingerprint density at radius 1 is 1.17 bits per heavy atom. The van der Waals surface area contributed by atoms with E-state index in [-0.39, 0.29) is 49.1 Å². The summed E-state index contributed by atoms with van der Waals surface area (Å²) < 4.78 is 69.0. The summed E-state index contributed by atoms with van der Waals surface area (Å²) in [6, 6.07) is 13.2. The van der Waals surface area contributed by atoms with Crippen LogP contribution in [0.25, 0.3) is 0 Å². The zero-order valence-electron chi connectivity index (χ0n) is 24.9. The molecule has 0 aliphatic carbocycles. The summed E-state index contributed by atoms with van der Waals surface area (Å²) in [6.07, 6.45) is -3.16. The highest BCUT2D eigenvalue weighted by atomic mass is 35.5. The van der Waals surface area contributed by atoms with Crippen molar-refractivity contribution in [2.24, 2.45) is 0 Å². The van der Waals surface area contributed by atoms with Gasteiger partial charge in [-0.15, -0.1) is 0 Å². The number of carbonyl (C=O) groups is 2. The van der Waals surface area contributed by atoms with E-state index in [9.17, 15) is 27.2 Å².